The van der Waals surface area contributed by atoms with Crippen LogP contribution in [-0.2, 0) is 0 Å². The molecule has 0 bridgehead atoms. The minimum atomic E-state index is -0.826. The van der Waals surface area contributed by atoms with E-state index < -0.39 is 6.10 Å². The van der Waals surface area contributed by atoms with Gasteiger partial charge < -0.3 is 5.11 Å². The highest BCUT2D eigenvalue weighted by Gasteiger charge is 2.15. The first kappa shape index (κ1) is 12.6. The number of aliphatic hydroxyl groups is 1. The Kier molecular flexibility index (Phi) is 3.08. The highest BCUT2D eigenvalue weighted by Crippen LogP contribution is 2.17. The molecule has 1 aromatic heterocycles. The van der Waals surface area contributed by atoms with Gasteiger partial charge in [0.15, 0.2) is 0 Å². The highest BCUT2D eigenvalue weighted by molar-refractivity contribution is 5.77. The van der Waals surface area contributed by atoms with Crippen LogP contribution in [0, 0.1) is 0 Å². The third kappa shape index (κ3) is 2.00. The van der Waals surface area contributed by atoms with Crippen LogP contribution in [0.1, 0.15) is 18.9 Å². The van der Waals surface area contributed by atoms with E-state index in [9.17, 15) is 9.90 Å². The molecular formula is C16H14N2O2. The smallest absolute Gasteiger partial charge is 0.266 e. The van der Waals surface area contributed by atoms with Crippen LogP contribution in [0.15, 0.2) is 59.4 Å². The van der Waals surface area contributed by atoms with E-state index in [1.165, 1.54) is 4.57 Å². The maximum Gasteiger partial charge on any atom is 0.266 e. The number of rotatable bonds is 2. The second kappa shape index (κ2) is 4.90. The second-order valence-electron chi connectivity index (χ2n) is 4.64. The normalized spacial score (nSPS) is 12.5. The summed E-state index contributed by atoms with van der Waals surface area (Å²) in [5.74, 6) is 0.347. The van der Waals surface area contributed by atoms with E-state index in [4.69, 9.17) is 0 Å². The minimum absolute atomic E-state index is 0.169. The van der Waals surface area contributed by atoms with Gasteiger partial charge in [-0.3, -0.25) is 9.36 Å². The number of para-hydroxylation sites is 2. The fourth-order valence-electron chi connectivity index (χ4n) is 2.26. The number of nitrogens with zero attached hydrogens (tertiary/aromatic N) is 2. The summed E-state index contributed by atoms with van der Waals surface area (Å²) in [6, 6.07) is 16.4. The Morgan fingerprint density at radius 3 is 2.40 bits per heavy atom. The molecule has 0 saturated heterocycles. The van der Waals surface area contributed by atoms with Gasteiger partial charge in [0.25, 0.3) is 5.56 Å². The Balaban J connectivity index is 2.43. The molecule has 4 nitrogen and oxygen atoms in total. The van der Waals surface area contributed by atoms with E-state index in [0.29, 0.717) is 22.4 Å². The van der Waals surface area contributed by atoms with Crippen molar-refractivity contribution in [2.24, 2.45) is 0 Å². The van der Waals surface area contributed by atoms with Gasteiger partial charge in [0.2, 0.25) is 0 Å². The van der Waals surface area contributed by atoms with E-state index in [-0.39, 0.29) is 5.56 Å². The van der Waals surface area contributed by atoms with Crippen molar-refractivity contribution in [1.82, 2.24) is 9.55 Å². The molecule has 4 heteroatoms. The van der Waals surface area contributed by atoms with Gasteiger partial charge in [0.05, 0.1) is 16.6 Å². The van der Waals surface area contributed by atoms with Crippen LogP contribution in [0.3, 0.4) is 0 Å². The molecule has 0 radical (unpaired) electrons. The molecule has 0 unspecified atom stereocenters. The van der Waals surface area contributed by atoms with Crippen molar-refractivity contribution in [2.75, 3.05) is 0 Å². The Bertz CT molecular complexity index is 808. The first-order valence-electron chi connectivity index (χ1n) is 6.43. The monoisotopic (exact) mass is 266 g/mol. The largest absolute Gasteiger partial charge is 0.385 e. The molecule has 0 aliphatic rings. The van der Waals surface area contributed by atoms with Gasteiger partial charge in [-0.2, -0.15) is 0 Å². The molecule has 0 amide bonds. The summed E-state index contributed by atoms with van der Waals surface area (Å²) < 4.78 is 1.47. The first-order valence-corrected chi connectivity index (χ1v) is 6.43. The molecular weight excluding hydrogens is 252 g/mol. The van der Waals surface area contributed by atoms with Crippen LogP contribution in [0.25, 0.3) is 16.6 Å². The van der Waals surface area contributed by atoms with Gasteiger partial charge in [-0.1, -0.05) is 30.3 Å². The van der Waals surface area contributed by atoms with E-state index in [1.54, 1.807) is 19.1 Å². The Hall–Kier alpha value is -2.46. The summed E-state index contributed by atoms with van der Waals surface area (Å²) >= 11 is 0. The molecule has 0 aliphatic carbocycles. The lowest BCUT2D eigenvalue weighted by molar-refractivity contribution is 0.186. The van der Waals surface area contributed by atoms with Gasteiger partial charge in [0.1, 0.15) is 11.9 Å². The molecule has 0 saturated carbocycles. The molecule has 0 aliphatic heterocycles. The van der Waals surface area contributed by atoms with Crippen LogP contribution >= 0.6 is 0 Å². The maximum atomic E-state index is 12.7. The molecule has 0 spiro atoms. The fraction of sp³-hybridized carbons (Fsp3) is 0.125. The van der Waals surface area contributed by atoms with Gasteiger partial charge >= 0.3 is 0 Å². The summed E-state index contributed by atoms with van der Waals surface area (Å²) in [4.78, 5) is 17.1. The van der Waals surface area contributed by atoms with Gasteiger partial charge in [0, 0.05) is 0 Å². The van der Waals surface area contributed by atoms with E-state index >= 15 is 0 Å². The van der Waals surface area contributed by atoms with E-state index in [1.807, 2.05) is 42.5 Å². The third-order valence-electron chi connectivity index (χ3n) is 3.19. The van der Waals surface area contributed by atoms with Crippen molar-refractivity contribution in [3.63, 3.8) is 0 Å². The molecule has 1 N–H and O–H groups in total. The molecule has 1 heterocycles. The third-order valence-corrected chi connectivity index (χ3v) is 3.19. The number of aromatic nitrogens is 2. The number of benzene rings is 2. The van der Waals surface area contributed by atoms with Gasteiger partial charge in [-0.05, 0) is 31.2 Å². The van der Waals surface area contributed by atoms with Crippen molar-refractivity contribution in [3.8, 4) is 5.69 Å². The minimum Gasteiger partial charge on any atom is -0.385 e. The fourth-order valence-corrected chi connectivity index (χ4v) is 2.26. The van der Waals surface area contributed by atoms with Crippen LogP contribution < -0.4 is 5.56 Å². The quantitative estimate of drug-likeness (QED) is 0.775. The van der Waals surface area contributed by atoms with E-state index in [2.05, 4.69) is 4.98 Å². The summed E-state index contributed by atoms with van der Waals surface area (Å²) in [5.41, 5.74) is 1.13. The Labute approximate surface area is 116 Å². The highest BCUT2D eigenvalue weighted by atomic mass is 16.3. The lowest BCUT2D eigenvalue weighted by Gasteiger charge is -2.15. The zero-order valence-electron chi connectivity index (χ0n) is 11.0. The van der Waals surface area contributed by atoms with Crippen LogP contribution in [0.4, 0.5) is 0 Å². The topological polar surface area (TPSA) is 55.1 Å². The van der Waals surface area contributed by atoms with Crippen molar-refractivity contribution in [1.29, 1.82) is 0 Å². The molecule has 100 valence electrons. The van der Waals surface area contributed by atoms with Crippen molar-refractivity contribution < 1.29 is 5.11 Å². The molecule has 3 aromatic rings. The molecule has 0 fully saturated rings. The molecule has 3 rings (SSSR count). The average Bonchev–Trinajstić information content (AvgIpc) is 2.48. The van der Waals surface area contributed by atoms with E-state index in [0.717, 1.165) is 0 Å². The number of fused-ring (bicyclic) bond motifs is 1. The predicted octanol–water partition coefficient (Wildman–Crippen LogP) is 2.44. The van der Waals surface area contributed by atoms with Crippen molar-refractivity contribution in [2.45, 2.75) is 13.0 Å². The maximum absolute atomic E-state index is 12.7. The number of hydrogen-bond acceptors (Lipinski definition) is 3. The molecule has 1 atom stereocenters. The number of aliphatic hydroxyl groups excluding tert-OH is 1. The predicted molar refractivity (Wildman–Crippen MR) is 78.0 cm³/mol. The van der Waals surface area contributed by atoms with Gasteiger partial charge in [-0.15, -0.1) is 0 Å². The Morgan fingerprint density at radius 2 is 1.70 bits per heavy atom. The SMILES string of the molecule is C[C@H](O)c1nc2ccccc2c(=O)n1-c1ccccc1. The molecule has 2 aromatic carbocycles. The van der Waals surface area contributed by atoms with Crippen molar-refractivity contribution >= 4 is 10.9 Å². The summed E-state index contributed by atoms with van der Waals surface area (Å²) in [6.07, 6.45) is -0.826. The standard InChI is InChI=1S/C16H14N2O2/c1-11(19)15-17-14-10-6-5-9-13(14)16(20)18(15)12-7-3-2-4-8-12/h2-11,19H,1H3/t11-/m0/s1. The zero-order chi connectivity index (χ0) is 14.1. The van der Waals surface area contributed by atoms with Gasteiger partial charge in [-0.25, -0.2) is 4.98 Å². The van der Waals surface area contributed by atoms with Crippen molar-refractivity contribution in [3.05, 3.63) is 70.8 Å². The zero-order valence-corrected chi connectivity index (χ0v) is 11.0. The van der Waals surface area contributed by atoms with Crippen LogP contribution in [0.5, 0.6) is 0 Å². The number of hydrogen-bond donors (Lipinski definition) is 1. The Morgan fingerprint density at radius 1 is 1.05 bits per heavy atom. The summed E-state index contributed by atoms with van der Waals surface area (Å²) in [5, 5.41) is 10.5. The average molecular weight is 266 g/mol. The van der Waals surface area contributed by atoms with Crippen LogP contribution in [0.2, 0.25) is 0 Å². The summed E-state index contributed by atoms with van der Waals surface area (Å²) in [7, 11) is 0. The molecule has 20 heavy (non-hydrogen) atoms. The lowest BCUT2D eigenvalue weighted by atomic mass is 10.2. The lowest BCUT2D eigenvalue weighted by Crippen LogP contribution is -2.25. The summed E-state index contributed by atoms with van der Waals surface area (Å²) in [6.45, 7) is 1.61. The van der Waals surface area contributed by atoms with Crippen LogP contribution in [-0.4, -0.2) is 14.7 Å². The second-order valence-corrected chi connectivity index (χ2v) is 4.64. The first-order chi connectivity index (χ1) is 9.68.